The average Bonchev–Trinajstić information content (AvgIpc) is 3.34. The molecule has 0 aliphatic heterocycles. The Bertz CT molecular complexity index is 1320. The third-order valence-corrected chi connectivity index (χ3v) is 6.64. The monoisotopic (exact) mass is 547 g/mol. The zero-order valence-corrected chi connectivity index (χ0v) is 21.0. The molecule has 0 aliphatic carbocycles. The van der Waals surface area contributed by atoms with Crippen molar-refractivity contribution in [1.82, 2.24) is 9.78 Å². The lowest BCUT2D eigenvalue weighted by molar-refractivity contribution is 0.0992. The molecule has 0 aliphatic rings. The highest BCUT2D eigenvalue weighted by atomic mass is 79.9. The molecule has 4 aromatic rings. The van der Waals surface area contributed by atoms with Crippen LogP contribution in [-0.2, 0) is 13.2 Å². The topological polar surface area (TPSA) is 69.3 Å². The predicted molar refractivity (Wildman–Crippen MR) is 132 cm³/mol. The lowest BCUT2D eigenvalue weighted by atomic mass is 10.2. The van der Waals surface area contributed by atoms with E-state index in [1.165, 1.54) is 0 Å². The molecule has 0 saturated heterocycles. The van der Waals surface area contributed by atoms with Crippen molar-refractivity contribution in [3.05, 3.63) is 97.6 Å². The normalized spacial score (nSPS) is 10.9. The van der Waals surface area contributed by atoms with Gasteiger partial charge in [0, 0.05) is 10.7 Å². The summed E-state index contributed by atoms with van der Waals surface area (Å²) in [7, 11) is 0. The number of aromatic nitrogens is 2. The van der Waals surface area contributed by atoms with Gasteiger partial charge in [-0.15, -0.1) is 0 Å². The molecule has 0 saturated carbocycles. The number of carbonyl (C=O) groups excluding carboxylic acids is 1. The van der Waals surface area contributed by atoms with Crippen molar-refractivity contribution in [3.63, 3.8) is 0 Å². The molecule has 0 bridgehead atoms. The number of aryl methyl sites for hydroxylation is 1. The van der Waals surface area contributed by atoms with Gasteiger partial charge in [-0.25, -0.2) is 0 Å². The van der Waals surface area contributed by atoms with Gasteiger partial charge in [0.05, 0.1) is 27.4 Å². The van der Waals surface area contributed by atoms with Gasteiger partial charge in [-0.2, -0.15) is 5.10 Å². The Morgan fingerprint density at radius 3 is 2.70 bits per heavy atom. The second-order valence-corrected chi connectivity index (χ2v) is 9.06. The maximum Gasteiger partial charge on any atom is 0.291 e. The molecule has 2 aromatic heterocycles. The van der Waals surface area contributed by atoms with Gasteiger partial charge >= 0.3 is 0 Å². The van der Waals surface area contributed by atoms with E-state index in [2.05, 4.69) is 26.3 Å². The van der Waals surface area contributed by atoms with E-state index in [0.717, 1.165) is 21.4 Å². The van der Waals surface area contributed by atoms with Crippen LogP contribution in [0.15, 0.2) is 63.5 Å². The quantitative estimate of drug-likeness (QED) is 0.269. The number of benzene rings is 2. The maximum atomic E-state index is 12.7. The Kier molecular flexibility index (Phi) is 7.12. The summed E-state index contributed by atoms with van der Waals surface area (Å²) in [5, 5.41) is 8.33. The standard InChI is InChI=1S/C24H20BrCl2N3O3/c1-14-23(25)15(2)30(29-14)12-16-4-3-5-18(10-16)28-24(31)22-9-7-19(33-22)13-32-21-8-6-17(26)11-20(21)27/h3-11H,12-13H2,1-2H3,(H,28,31). The molecule has 1 amide bonds. The molecular weight excluding hydrogens is 529 g/mol. The van der Waals surface area contributed by atoms with Crippen molar-refractivity contribution >= 4 is 50.7 Å². The molecule has 0 spiro atoms. The van der Waals surface area contributed by atoms with Crippen LogP contribution in [0.3, 0.4) is 0 Å². The number of nitrogens with one attached hydrogen (secondary N) is 1. The Hall–Kier alpha value is -2.74. The average molecular weight is 549 g/mol. The first-order chi connectivity index (χ1) is 15.8. The summed E-state index contributed by atoms with van der Waals surface area (Å²) in [6.07, 6.45) is 0. The highest BCUT2D eigenvalue weighted by Crippen LogP contribution is 2.28. The smallest absolute Gasteiger partial charge is 0.291 e. The Morgan fingerprint density at radius 1 is 1.15 bits per heavy atom. The second-order valence-electron chi connectivity index (χ2n) is 7.43. The van der Waals surface area contributed by atoms with Crippen LogP contribution in [0, 0.1) is 13.8 Å². The van der Waals surface area contributed by atoms with Crippen LogP contribution < -0.4 is 10.1 Å². The third kappa shape index (κ3) is 5.61. The fourth-order valence-corrected chi connectivity index (χ4v) is 4.01. The van der Waals surface area contributed by atoms with Gasteiger partial charge in [-0.3, -0.25) is 9.48 Å². The Balaban J connectivity index is 1.39. The van der Waals surface area contributed by atoms with Crippen LogP contribution in [-0.4, -0.2) is 15.7 Å². The first kappa shape index (κ1) is 23.4. The largest absolute Gasteiger partial charge is 0.484 e. The summed E-state index contributed by atoms with van der Waals surface area (Å²) in [6, 6.07) is 15.9. The Morgan fingerprint density at radius 2 is 1.97 bits per heavy atom. The molecule has 9 heteroatoms. The summed E-state index contributed by atoms with van der Waals surface area (Å²) in [6.45, 7) is 4.69. The molecule has 0 fully saturated rings. The van der Waals surface area contributed by atoms with Crippen LogP contribution in [0.1, 0.15) is 33.3 Å². The number of furan rings is 1. The van der Waals surface area contributed by atoms with Gasteiger partial charge in [-0.05, 0) is 77.8 Å². The van der Waals surface area contributed by atoms with Gasteiger partial charge in [0.2, 0.25) is 0 Å². The molecule has 0 unspecified atom stereocenters. The van der Waals surface area contributed by atoms with Gasteiger partial charge < -0.3 is 14.5 Å². The van der Waals surface area contributed by atoms with Crippen LogP contribution in [0.4, 0.5) is 5.69 Å². The summed E-state index contributed by atoms with van der Waals surface area (Å²) >= 11 is 15.6. The fraction of sp³-hybridized carbons (Fsp3) is 0.167. The van der Waals surface area contributed by atoms with Crippen molar-refractivity contribution in [2.24, 2.45) is 0 Å². The van der Waals surface area contributed by atoms with E-state index < -0.39 is 0 Å². The van der Waals surface area contributed by atoms with Crippen LogP contribution in [0.5, 0.6) is 5.75 Å². The summed E-state index contributed by atoms with van der Waals surface area (Å²) in [4.78, 5) is 12.7. The first-order valence-corrected chi connectivity index (χ1v) is 11.6. The number of anilines is 1. The summed E-state index contributed by atoms with van der Waals surface area (Å²) < 4.78 is 14.2. The molecule has 170 valence electrons. The van der Waals surface area contributed by atoms with Crippen molar-refractivity contribution in [2.75, 3.05) is 5.32 Å². The van der Waals surface area contributed by atoms with E-state index in [4.69, 9.17) is 32.4 Å². The highest BCUT2D eigenvalue weighted by molar-refractivity contribution is 9.10. The molecule has 2 aromatic carbocycles. The molecule has 0 atom stereocenters. The number of nitrogens with zero attached hydrogens (tertiary/aromatic N) is 2. The van der Waals surface area contributed by atoms with E-state index in [1.807, 2.05) is 42.8 Å². The van der Waals surface area contributed by atoms with Crippen molar-refractivity contribution in [1.29, 1.82) is 0 Å². The number of halogens is 3. The zero-order valence-electron chi connectivity index (χ0n) is 17.9. The molecule has 2 heterocycles. The highest BCUT2D eigenvalue weighted by Gasteiger charge is 2.14. The minimum absolute atomic E-state index is 0.127. The molecule has 0 radical (unpaired) electrons. The van der Waals surface area contributed by atoms with Crippen molar-refractivity contribution in [3.8, 4) is 5.75 Å². The SMILES string of the molecule is Cc1nn(Cc2cccc(NC(=O)c3ccc(COc4ccc(Cl)cc4Cl)o3)c2)c(C)c1Br. The maximum absolute atomic E-state index is 12.7. The molecule has 4 rings (SSSR count). The zero-order chi connectivity index (χ0) is 23.5. The predicted octanol–water partition coefficient (Wildman–Crippen LogP) is 7.04. The van der Waals surface area contributed by atoms with Crippen molar-refractivity contribution in [2.45, 2.75) is 27.0 Å². The number of hydrogen-bond donors (Lipinski definition) is 1. The van der Waals surface area contributed by atoms with Crippen LogP contribution >= 0.6 is 39.1 Å². The van der Waals surface area contributed by atoms with E-state index in [0.29, 0.717) is 33.8 Å². The second kappa shape index (κ2) is 10.0. The van der Waals surface area contributed by atoms with Gasteiger partial charge in [0.15, 0.2) is 5.76 Å². The van der Waals surface area contributed by atoms with E-state index >= 15 is 0 Å². The Labute approximate surface area is 209 Å². The lowest BCUT2D eigenvalue weighted by Gasteiger charge is -2.08. The van der Waals surface area contributed by atoms with E-state index in [1.54, 1.807) is 30.3 Å². The minimum Gasteiger partial charge on any atom is -0.484 e. The van der Waals surface area contributed by atoms with Crippen molar-refractivity contribution < 1.29 is 13.9 Å². The number of ether oxygens (including phenoxy) is 1. The van der Waals surface area contributed by atoms with Crippen LogP contribution in [0.25, 0.3) is 0 Å². The first-order valence-electron chi connectivity index (χ1n) is 10.1. The van der Waals surface area contributed by atoms with Crippen LogP contribution in [0.2, 0.25) is 10.0 Å². The summed E-state index contributed by atoms with van der Waals surface area (Å²) in [5.74, 6) is 0.811. The molecule has 6 nitrogen and oxygen atoms in total. The number of amides is 1. The van der Waals surface area contributed by atoms with Gasteiger partial charge in [-0.1, -0.05) is 35.3 Å². The molecular formula is C24H20BrCl2N3O3. The summed E-state index contributed by atoms with van der Waals surface area (Å²) in [5.41, 5.74) is 3.67. The van der Waals surface area contributed by atoms with E-state index in [-0.39, 0.29) is 18.3 Å². The third-order valence-electron chi connectivity index (χ3n) is 4.96. The number of rotatable bonds is 7. The molecule has 33 heavy (non-hydrogen) atoms. The van der Waals surface area contributed by atoms with Gasteiger partial charge in [0.1, 0.15) is 18.1 Å². The number of hydrogen-bond acceptors (Lipinski definition) is 4. The van der Waals surface area contributed by atoms with E-state index in [9.17, 15) is 4.79 Å². The van der Waals surface area contributed by atoms with Gasteiger partial charge in [0.25, 0.3) is 5.91 Å². The molecule has 1 N–H and O–H groups in total. The minimum atomic E-state index is -0.350. The lowest BCUT2D eigenvalue weighted by Crippen LogP contribution is -2.11. The number of carbonyl (C=O) groups is 1. The fourth-order valence-electron chi connectivity index (χ4n) is 3.26.